The quantitative estimate of drug-likeness (QED) is 0.548. The zero-order chi connectivity index (χ0) is 16.8. The molecule has 0 bridgehead atoms. The van der Waals surface area contributed by atoms with Gasteiger partial charge >= 0.3 is 0 Å². The van der Waals surface area contributed by atoms with Gasteiger partial charge in [0.05, 0.1) is 10.2 Å². The summed E-state index contributed by atoms with van der Waals surface area (Å²) < 4.78 is 11.5. The van der Waals surface area contributed by atoms with Crippen LogP contribution in [0.3, 0.4) is 0 Å². The highest BCUT2D eigenvalue weighted by Crippen LogP contribution is 2.33. The predicted octanol–water partition coefficient (Wildman–Crippen LogP) is 4.86. The molecule has 0 unspecified atom stereocenters. The zero-order valence-electron chi connectivity index (χ0n) is 13.9. The predicted molar refractivity (Wildman–Crippen MR) is 98.1 cm³/mol. The minimum absolute atomic E-state index is 0.244. The van der Waals surface area contributed by atoms with Crippen LogP contribution < -0.4 is 10.5 Å². The second-order valence-corrected chi connectivity index (χ2v) is 5.80. The smallest absolute Gasteiger partial charge is 0.188 e. The van der Waals surface area contributed by atoms with Gasteiger partial charge < -0.3 is 15.2 Å². The molecule has 0 amide bonds. The highest BCUT2D eigenvalue weighted by atomic mass is 32.1. The molecule has 4 nitrogen and oxygen atoms in total. The number of rotatable bonds is 4. The third-order valence-electron chi connectivity index (χ3n) is 3.22. The van der Waals surface area contributed by atoms with Crippen molar-refractivity contribution in [1.29, 1.82) is 0 Å². The van der Waals surface area contributed by atoms with Crippen LogP contribution in [0.1, 0.15) is 19.4 Å². The van der Waals surface area contributed by atoms with Crippen molar-refractivity contribution in [2.75, 3.05) is 19.6 Å². The van der Waals surface area contributed by atoms with Gasteiger partial charge in [-0.3, -0.25) is 0 Å². The van der Waals surface area contributed by atoms with Crippen molar-refractivity contribution in [3.63, 3.8) is 0 Å². The number of methoxy groups -OCH3 is 1. The molecule has 2 N–H and O–H groups in total. The number of anilines is 1. The van der Waals surface area contributed by atoms with Crippen LogP contribution in [0, 0.1) is 6.92 Å². The molecule has 1 heterocycles. The maximum Gasteiger partial charge on any atom is 0.188 e. The summed E-state index contributed by atoms with van der Waals surface area (Å²) in [6.07, 6.45) is 0. The fourth-order valence-corrected chi connectivity index (χ4v) is 3.04. The van der Waals surface area contributed by atoms with Gasteiger partial charge in [0.15, 0.2) is 6.79 Å². The van der Waals surface area contributed by atoms with Crippen LogP contribution in [-0.4, -0.2) is 18.9 Å². The number of aryl methyl sites for hydroxylation is 1. The summed E-state index contributed by atoms with van der Waals surface area (Å²) in [6.45, 7) is 6.25. The van der Waals surface area contributed by atoms with E-state index in [1.165, 1.54) is 0 Å². The van der Waals surface area contributed by atoms with Crippen LogP contribution in [0.5, 0.6) is 5.75 Å². The normalized spacial score (nSPS) is 10.3. The number of ether oxygens (including phenoxy) is 2. The van der Waals surface area contributed by atoms with E-state index >= 15 is 0 Å². The molecule has 0 radical (unpaired) electrons. The molecule has 1 aromatic heterocycles. The molecule has 5 heteroatoms. The number of nitrogens with zero attached hydrogens (tertiary/aromatic N) is 1. The molecule has 23 heavy (non-hydrogen) atoms. The van der Waals surface area contributed by atoms with E-state index in [2.05, 4.69) is 11.1 Å². The first-order valence-electron chi connectivity index (χ1n) is 7.56. The Kier molecular flexibility index (Phi) is 5.96. The minimum atomic E-state index is 0.244. The van der Waals surface area contributed by atoms with E-state index in [4.69, 9.17) is 15.2 Å². The average molecular weight is 330 g/mol. The lowest BCUT2D eigenvalue weighted by Gasteiger charge is -2.03. The maximum absolute atomic E-state index is 5.86. The molecule has 0 aliphatic carbocycles. The molecule has 3 rings (SSSR count). The van der Waals surface area contributed by atoms with E-state index in [-0.39, 0.29) is 6.79 Å². The van der Waals surface area contributed by atoms with E-state index in [0.29, 0.717) is 0 Å². The minimum Gasteiger partial charge on any atom is -0.468 e. The number of nitrogen functional groups attached to an aromatic ring is 1. The lowest BCUT2D eigenvalue weighted by Crippen LogP contribution is -1.98. The lowest BCUT2D eigenvalue weighted by atomic mass is 10.1. The van der Waals surface area contributed by atoms with Gasteiger partial charge in [0.2, 0.25) is 0 Å². The first kappa shape index (κ1) is 17.2. The van der Waals surface area contributed by atoms with E-state index in [0.717, 1.165) is 37.8 Å². The number of aromatic nitrogens is 1. The Bertz CT molecular complexity index is 784. The van der Waals surface area contributed by atoms with Gasteiger partial charge in [-0.15, -0.1) is 11.3 Å². The topological polar surface area (TPSA) is 57.4 Å². The Morgan fingerprint density at radius 1 is 1.13 bits per heavy atom. The van der Waals surface area contributed by atoms with Gasteiger partial charge in [-0.1, -0.05) is 13.8 Å². The van der Waals surface area contributed by atoms with Crippen molar-refractivity contribution in [3.05, 3.63) is 42.0 Å². The highest BCUT2D eigenvalue weighted by Gasteiger charge is 2.08. The van der Waals surface area contributed by atoms with Gasteiger partial charge in [0, 0.05) is 18.4 Å². The van der Waals surface area contributed by atoms with Crippen LogP contribution in [-0.2, 0) is 4.74 Å². The van der Waals surface area contributed by atoms with Gasteiger partial charge in [-0.25, -0.2) is 4.98 Å². The second-order valence-electron chi connectivity index (χ2n) is 4.77. The standard InChI is InChI=1S/C16H16N2O2S.C2H6/c1-10-7-11(3-5-13(10)17)16-18-14-6-4-12(20-9-19-2)8-15(14)21-16;1-2/h3-8H,9,17H2,1-2H3;1-2H3. The molecule has 2 aromatic carbocycles. The number of fused-ring (bicyclic) bond motifs is 1. The second kappa shape index (κ2) is 7.94. The Labute approximate surface area is 140 Å². The third-order valence-corrected chi connectivity index (χ3v) is 4.29. The molecule has 0 aliphatic rings. The van der Waals surface area contributed by atoms with Crippen LogP contribution >= 0.6 is 11.3 Å². The van der Waals surface area contributed by atoms with Crippen molar-refractivity contribution < 1.29 is 9.47 Å². The first-order chi connectivity index (χ1) is 11.2. The number of thiazole rings is 1. The average Bonchev–Trinajstić information content (AvgIpc) is 3.00. The van der Waals surface area contributed by atoms with E-state index in [9.17, 15) is 0 Å². The Morgan fingerprint density at radius 2 is 1.91 bits per heavy atom. The number of nitrogens with two attached hydrogens (primary N) is 1. The van der Waals surface area contributed by atoms with E-state index in [1.54, 1.807) is 18.4 Å². The summed E-state index contributed by atoms with van der Waals surface area (Å²) in [5.41, 5.74) is 9.78. The lowest BCUT2D eigenvalue weighted by molar-refractivity contribution is 0.0512. The molecule has 3 aromatic rings. The Balaban J connectivity index is 0.000000924. The SMILES string of the molecule is CC.COCOc1ccc2nc(-c3ccc(N)c(C)c3)sc2c1. The van der Waals surface area contributed by atoms with Crippen molar-refractivity contribution in [2.24, 2.45) is 0 Å². The van der Waals surface area contributed by atoms with Crippen molar-refractivity contribution in [1.82, 2.24) is 4.98 Å². The monoisotopic (exact) mass is 330 g/mol. The van der Waals surface area contributed by atoms with Crippen molar-refractivity contribution >= 4 is 27.2 Å². The maximum atomic E-state index is 5.86. The summed E-state index contributed by atoms with van der Waals surface area (Å²) in [5, 5.41) is 0.983. The molecule has 0 saturated carbocycles. The van der Waals surface area contributed by atoms with Gasteiger partial charge in [0.25, 0.3) is 0 Å². The number of benzene rings is 2. The largest absolute Gasteiger partial charge is 0.468 e. The molecular formula is C18H22N2O2S. The molecule has 122 valence electrons. The van der Waals surface area contributed by atoms with Crippen LogP contribution in [0.15, 0.2) is 36.4 Å². The molecule has 0 fully saturated rings. The Hall–Kier alpha value is -2.11. The third kappa shape index (κ3) is 4.00. The number of hydrogen-bond acceptors (Lipinski definition) is 5. The van der Waals surface area contributed by atoms with Crippen molar-refractivity contribution in [2.45, 2.75) is 20.8 Å². The molecule has 0 atom stereocenters. The Morgan fingerprint density at radius 3 is 2.61 bits per heavy atom. The highest BCUT2D eigenvalue weighted by molar-refractivity contribution is 7.21. The zero-order valence-corrected chi connectivity index (χ0v) is 14.7. The molecule has 0 aliphatic heterocycles. The van der Waals surface area contributed by atoms with E-state index in [1.807, 2.05) is 51.1 Å². The summed E-state index contributed by atoms with van der Waals surface area (Å²) >= 11 is 1.64. The number of hydrogen-bond donors (Lipinski definition) is 1. The summed E-state index contributed by atoms with van der Waals surface area (Å²) in [6, 6.07) is 11.8. The fraction of sp³-hybridized carbons (Fsp3) is 0.278. The molecule has 0 saturated heterocycles. The van der Waals surface area contributed by atoms with Crippen molar-refractivity contribution in [3.8, 4) is 16.3 Å². The van der Waals surface area contributed by atoms with Gasteiger partial charge in [-0.2, -0.15) is 0 Å². The van der Waals surface area contributed by atoms with E-state index < -0.39 is 0 Å². The fourth-order valence-electron chi connectivity index (χ4n) is 2.05. The molecule has 0 spiro atoms. The summed E-state index contributed by atoms with van der Waals surface area (Å²) in [5.74, 6) is 0.785. The van der Waals surface area contributed by atoms with Crippen LogP contribution in [0.4, 0.5) is 5.69 Å². The van der Waals surface area contributed by atoms with Gasteiger partial charge in [-0.05, 0) is 48.9 Å². The van der Waals surface area contributed by atoms with Crippen LogP contribution in [0.25, 0.3) is 20.8 Å². The first-order valence-corrected chi connectivity index (χ1v) is 8.38. The van der Waals surface area contributed by atoms with Crippen LogP contribution in [0.2, 0.25) is 0 Å². The molecular weight excluding hydrogens is 308 g/mol. The summed E-state index contributed by atoms with van der Waals surface area (Å²) in [4.78, 5) is 4.67. The van der Waals surface area contributed by atoms with Gasteiger partial charge in [0.1, 0.15) is 10.8 Å². The summed E-state index contributed by atoms with van der Waals surface area (Å²) in [7, 11) is 1.60.